The number of rotatable bonds is 5. The van der Waals surface area contributed by atoms with E-state index in [0.717, 1.165) is 25.9 Å². The number of morpholine rings is 1. The highest BCUT2D eigenvalue weighted by Crippen LogP contribution is 2.34. The van der Waals surface area contributed by atoms with Crippen molar-refractivity contribution < 1.29 is 22.7 Å². The molecule has 0 aromatic heterocycles. The zero-order chi connectivity index (χ0) is 17.9. The molecule has 0 spiro atoms. The second-order valence-corrected chi connectivity index (χ2v) is 8.02. The third kappa shape index (κ3) is 4.42. The smallest absolute Gasteiger partial charge is 0.263 e. The van der Waals surface area contributed by atoms with E-state index in [4.69, 9.17) is 9.47 Å². The number of nitrogens with zero attached hydrogens (tertiary/aromatic N) is 2. The van der Waals surface area contributed by atoms with Crippen molar-refractivity contribution >= 4 is 21.6 Å². The fourth-order valence-corrected chi connectivity index (χ4v) is 3.84. The molecule has 2 aliphatic rings. The molecule has 138 valence electrons. The predicted octanol–water partition coefficient (Wildman–Crippen LogP) is -0.338. The van der Waals surface area contributed by atoms with Gasteiger partial charge in [0, 0.05) is 26.2 Å². The van der Waals surface area contributed by atoms with Crippen LogP contribution in [0.25, 0.3) is 0 Å². The molecule has 2 heterocycles. The van der Waals surface area contributed by atoms with Gasteiger partial charge in [0.2, 0.25) is 10.0 Å². The first-order valence-electron chi connectivity index (χ1n) is 8.26. The van der Waals surface area contributed by atoms with Crippen LogP contribution >= 0.6 is 0 Å². The maximum atomic E-state index is 12.4. The van der Waals surface area contributed by atoms with Crippen molar-refractivity contribution in [3.63, 3.8) is 0 Å². The first-order valence-corrected chi connectivity index (χ1v) is 10.1. The lowest BCUT2D eigenvalue weighted by Crippen LogP contribution is -2.51. The number of amides is 1. The van der Waals surface area contributed by atoms with Gasteiger partial charge in [-0.3, -0.25) is 14.0 Å². The van der Waals surface area contributed by atoms with Gasteiger partial charge in [-0.25, -0.2) is 8.42 Å². The van der Waals surface area contributed by atoms with Crippen molar-refractivity contribution in [2.75, 3.05) is 56.5 Å². The Balaban J connectivity index is 1.61. The SMILES string of the molecule is CS(=O)(=O)N1C[C@@H](C(=O)NCCN2CCOCC2)Oc2ccccc21. The molecule has 1 fully saturated rings. The molecule has 1 saturated heterocycles. The second-order valence-electron chi connectivity index (χ2n) is 6.11. The second kappa shape index (κ2) is 7.59. The summed E-state index contributed by atoms with van der Waals surface area (Å²) in [6.07, 6.45) is 0.261. The molecule has 0 bridgehead atoms. The molecule has 0 radical (unpaired) electrons. The summed E-state index contributed by atoms with van der Waals surface area (Å²) < 4.78 is 36.3. The minimum absolute atomic E-state index is 0.0285. The zero-order valence-electron chi connectivity index (χ0n) is 14.2. The van der Waals surface area contributed by atoms with Gasteiger partial charge in [0.25, 0.3) is 5.91 Å². The van der Waals surface area contributed by atoms with Gasteiger partial charge in [-0.05, 0) is 12.1 Å². The molecule has 1 atom stereocenters. The van der Waals surface area contributed by atoms with Crippen molar-refractivity contribution in [3.8, 4) is 5.75 Å². The van der Waals surface area contributed by atoms with E-state index in [1.54, 1.807) is 24.3 Å². The maximum Gasteiger partial charge on any atom is 0.263 e. The Morgan fingerprint density at radius 2 is 2.00 bits per heavy atom. The molecule has 1 aromatic rings. The number of hydrogen-bond donors (Lipinski definition) is 1. The zero-order valence-corrected chi connectivity index (χ0v) is 15.0. The predicted molar refractivity (Wildman–Crippen MR) is 93.3 cm³/mol. The lowest BCUT2D eigenvalue weighted by molar-refractivity contribution is -0.127. The van der Waals surface area contributed by atoms with E-state index in [1.165, 1.54) is 4.31 Å². The summed E-state index contributed by atoms with van der Waals surface area (Å²) in [5.74, 6) is 0.0870. The summed E-state index contributed by atoms with van der Waals surface area (Å²) in [6.45, 7) is 4.31. The lowest BCUT2D eigenvalue weighted by atomic mass is 10.2. The first kappa shape index (κ1) is 18.0. The Morgan fingerprint density at radius 1 is 1.28 bits per heavy atom. The van der Waals surface area contributed by atoms with Gasteiger partial charge in [0.05, 0.1) is 31.7 Å². The van der Waals surface area contributed by atoms with Crippen molar-refractivity contribution in [1.29, 1.82) is 0 Å². The number of sulfonamides is 1. The van der Waals surface area contributed by atoms with E-state index in [-0.39, 0.29) is 12.5 Å². The Bertz CT molecular complexity index is 718. The average molecular weight is 369 g/mol. The molecule has 1 aromatic carbocycles. The highest BCUT2D eigenvalue weighted by molar-refractivity contribution is 7.92. The molecule has 1 N–H and O–H groups in total. The third-order valence-corrected chi connectivity index (χ3v) is 5.40. The molecular formula is C16H23N3O5S. The lowest BCUT2D eigenvalue weighted by Gasteiger charge is -2.34. The van der Waals surface area contributed by atoms with Gasteiger partial charge in [0.15, 0.2) is 6.10 Å². The maximum absolute atomic E-state index is 12.4. The minimum Gasteiger partial charge on any atom is -0.476 e. The minimum atomic E-state index is -3.49. The summed E-state index contributed by atoms with van der Waals surface area (Å²) in [5, 5.41) is 2.83. The van der Waals surface area contributed by atoms with Crippen molar-refractivity contribution in [1.82, 2.24) is 10.2 Å². The topological polar surface area (TPSA) is 88.2 Å². The Labute approximate surface area is 147 Å². The molecule has 9 heteroatoms. The monoisotopic (exact) mass is 369 g/mol. The van der Waals surface area contributed by atoms with E-state index in [9.17, 15) is 13.2 Å². The summed E-state index contributed by atoms with van der Waals surface area (Å²) >= 11 is 0. The Kier molecular flexibility index (Phi) is 5.45. The standard InChI is InChI=1S/C16H23N3O5S/c1-25(21,22)19-12-15(24-14-5-3-2-4-13(14)19)16(20)17-6-7-18-8-10-23-11-9-18/h2-5,15H,6-12H2,1H3,(H,17,20)/t15-/m0/s1. The highest BCUT2D eigenvalue weighted by Gasteiger charge is 2.34. The fraction of sp³-hybridized carbons (Fsp3) is 0.562. The number of ether oxygens (including phenoxy) is 2. The molecule has 0 aliphatic carbocycles. The largest absolute Gasteiger partial charge is 0.476 e. The van der Waals surface area contributed by atoms with Crippen molar-refractivity contribution in [3.05, 3.63) is 24.3 Å². The molecule has 8 nitrogen and oxygen atoms in total. The highest BCUT2D eigenvalue weighted by atomic mass is 32.2. The van der Waals surface area contributed by atoms with Gasteiger partial charge in [-0.1, -0.05) is 12.1 Å². The molecule has 25 heavy (non-hydrogen) atoms. The Morgan fingerprint density at radius 3 is 2.72 bits per heavy atom. The van der Waals surface area contributed by atoms with Crippen LogP contribution in [-0.2, 0) is 19.6 Å². The number of anilines is 1. The molecule has 0 saturated carbocycles. The van der Waals surface area contributed by atoms with Crippen LogP contribution in [0.4, 0.5) is 5.69 Å². The summed E-state index contributed by atoms with van der Waals surface area (Å²) in [4.78, 5) is 14.6. The number of carbonyl (C=O) groups is 1. The van der Waals surface area contributed by atoms with Gasteiger partial charge in [-0.15, -0.1) is 0 Å². The molecular weight excluding hydrogens is 346 g/mol. The molecule has 1 amide bonds. The quantitative estimate of drug-likeness (QED) is 0.764. The number of carbonyl (C=O) groups excluding carboxylic acids is 1. The van der Waals surface area contributed by atoms with Crippen LogP contribution in [0, 0.1) is 0 Å². The van der Waals surface area contributed by atoms with Crippen LogP contribution in [0.2, 0.25) is 0 Å². The van der Waals surface area contributed by atoms with Gasteiger partial charge in [0.1, 0.15) is 5.75 Å². The number of benzene rings is 1. The van der Waals surface area contributed by atoms with Crippen molar-refractivity contribution in [2.24, 2.45) is 0 Å². The normalized spacial score (nSPS) is 21.3. The van der Waals surface area contributed by atoms with Crippen LogP contribution in [0.15, 0.2) is 24.3 Å². The first-order chi connectivity index (χ1) is 11.9. The fourth-order valence-electron chi connectivity index (χ4n) is 2.93. The van der Waals surface area contributed by atoms with Gasteiger partial charge < -0.3 is 14.8 Å². The molecule has 0 unspecified atom stereocenters. The Hall–Kier alpha value is -1.84. The van der Waals surface area contributed by atoms with Gasteiger partial charge >= 0.3 is 0 Å². The van der Waals surface area contributed by atoms with E-state index in [1.807, 2.05) is 0 Å². The van der Waals surface area contributed by atoms with E-state index < -0.39 is 16.1 Å². The third-order valence-electron chi connectivity index (χ3n) is 4.26. The van der Waals surface area contributed by atoms with E-state index in [0.29, 0.717) is 31.2 Å². The van der Waals surface area contributed by atoms with Crippen molar-refractivity contribution in [2.45, 2.75) is 6.10 Å². The molecule has 2 aliphatic heterocycles. The summed E-state index contributed by atoms with van der Waals surface area (Å²) in [7, 11) is -3.49. The number of nitrogens with one attached hydrogen (secondary N) is 1. The van der Waals surface area contributed by atoms with Crippen LogP contribution in [0.1, 0.15) is 0 Å². The number of hydrogen-bond acceptors (Lipinski definition) is 6. The summed E-state index contributed by atoms with van der Waals surface area (Å²) in [6, 6.07) is 6.82. The van der Waals surface area contributed by atoms with Gasteiger partial charge in [-0.2, -0.15) is 0 Å². The molecule has 3 rings (SSSR count). The van der Waals surface area contributed by atoms with E-state index in [2.05, 4.69) is 10.2 Å². The number of para-hydroxylation sites is 2. The van der Waals surface area contributed by atoms with Crippen LogP contribution in [0.3, 0.4) is 0 Å². The number of fused-ring (bicyclic) bond motifs is 1. The van der Waals surface area contributed by atoms with Crippen LogP contribution in [-0.4, -0.2) is 77.5 Å². The van der Waals surface area contributed by atoms with E-state index >= 15 is 0 Å². The van der Waals surface area contributed by atoms with Crippen LogP contribution < -0.4 is 14.4 Å². The average Bonchev–Trinajstić information content (AvgIpc) is 2.60. The van der Waals surface area contributed by atoms with Crippen LogP contribution in [0.5, 0.6) is 5.75 Å². The summed E-state index contributed by atoms with van der Waals surface area (Å²) in [5.41, 5.74) is 0.461.